The second-order valence-electron chi connectivity index (χ2n) is 14.2. The van der Waals surface area contributed by atoms with Crippen molar-refractivity contribution in [1.82, 2.24) is 14.4 Å². The number of benzene rings is 3. The number of carbonyl (C=O) groups excluding carboxylic acids is 2. The van der Waals surface area contributed by atoms with Crippen LogP contribution in [0.15, 0.2) is 97.2 Å². The summed E-state index contributed by atoms with van der Waals surface area (Å²) in [7, 11) is -6.92. The molecule has 2 amide bonds. The molecule has 2 N–H and O–H groups in total. The molecule has 52 heavy (non-hydrogen) atoms. The molecule has 2 fully saturated rings. The third-order valence-electron chi connectivity index (χ3n) is 9.20. The molecule has 2 aliphatic rings. The highest BCUT2D eigenvalue weighted by Gasteiger charge is 2.34. The van der Waals surface area contributed by atoms with Gasteiger partial charge in [-0.25, -0.2) is 21.6 Å². The predicted octanol–water partition coefficient (Wildman–Crippen LogP) is 6.46. The van der Waals surface area contributed by atoms with Crippen LogP contribution in [0.4, 0.5) is 16.2 Å². The first-order valence-corrected chi connectivity index (χ1v) is 20.7. The Morgan fingerprint density at radius 3 is 1.60 bits per heavy atom. The van der Waals surface area contributed by atoms with Crippen LogP contribution in [0.25, 0.3) is 10.9 Å². The van der Waals surface area contributed by atoms with E-state index in [1.807, 2.05) is 80.9 Å². The highest BCUT2D eigenvalue weighted by molar-refractivity contribution is 7.93. The Balaban J connectivity index is 0.000000207. The molecule has 2 aliphatic heterocycles. The summed E-state index contributed by atoms with van der Waals surface area (Å²) in [5.74, 6) is 0.0261. The van der Waals surface area contributed by atoms with Crippen LogP contribution in [0.3, 0.4) is 0 Å². The number of hydrogen-bond acceptors (Lipinski definition) is 7. The number of hydrogen-bond donors (Lipinski definition) is 2. The number of fused-ring (bicyclic) bond motifs is 1. The average molecular weight is 752 g/mol. The predicted molar refractivity (Wildman–Crippen MR) is 205 cm³/mol. The van der Waals surface area contributed by atoms with Gasteiger partial charge in [0.2, 0.25) is 26.0 Å². The van der Waals surface area contributed by atoms with Gasteiger partial charge in [-0.2, -0.15) is 0 Å². The summed E-state index contributed by atoms with van der Waals surface area (Å²) in [6.45, 7) is 8.99. The lowest BCUT2D eigenvalue weighted by Gasteiger charge is -2.33. The summed E-state index contributed by atoms with van der Waals surface area (Å²) in [4.78, 5) is 28.4. The quantitative estimate of drug-likeness (QED) is 0.210. The van der Waals surface area contributed by atoms with E-state index in [4.69, 9.17) is 4.74 Å². The van der Waals surface area contributed by atoms with E-state index in [-0.39, 0.29) is 18.0 Å². The standard InChI is InChI=1S/C22H25N3O3S.C16H24N2O4S/c1-17(25-16-11-18-7-5-6-10-21(18)25)22(26)24-14-12-20(13-15-24)29(27,28)23-19-8-3-2-4-9-19;1-16(2,3)22-15(19)18-11-9-14(10-12-18)23(20,21)17-13-7-5-4-6-8-13/h2-11,16-17,20,23H,12-15H2,1H3;4-8,14,17H,9-12H2,1-3H3. The van der Waals surface area contributed by atoms with E-state index < -0.39 is 36.1 Å². The SMILES string of the molecule is CC(C(=O)N1CCC(S(=O)(=O)Nc2ccccc2)CC1)n1ccc2ccccc21.CC(C)(C)OC(=O)N1CCC(S(=O)(=O)Nc2ccccc2)CC1. The Kier molecular flexibility index (Phi) is 12.2. The second kappa shape index (κ2) is 16.4. The summed E-state index contributed by atoms with van der Waals surface area (Å²) in [5, 5.41) is 0.111. The number of amides is 2. The number of piperidine rings is 2. The second-order valence-corrected chi connectivity index (χ2v) is 18.1. The topological polar surface area (TPSA) is 147 Å². The van der Waals surface area contributed by atoms with Gasteiger partial charge in [0.25, 0.3) is 0 Å². The summed E-state index contributed by atoms with van der Waals surface area (Å²) in [6, 6.07) is 27.4. The van der Waals surface area contributed by atoms with Crippen LogP contribution in [0, 0.1) is 0 Å². The van der Waals surface area contributed by atoms with Crippen molar-refractivity contribution < 1.29 is 31.2 Å². The third kappa shape index (κ3) is 10.1. The monoisotopic (exact) mass is 751 g/mol. The molecule has 4 aromatic rings. The van der Waals surface area contributed by atoms with Gasteiger partial charge in [-0.3, -0.25) is 14.2 Å². The molecule has 2 saturated heterocycles. The fourth-order valence-electron chi connectivity index (χ4n) is 6.39. The van der Waals surface area contributed by atoms with Crippen molar-refractivity contribution in [2.24, 2.45) is 0 Å². The first-order chi connectivity index (χ1) is 24.6. The van der Waals surface area contributed by atoms with Gasteiger partial charge >= 0.3 is 6.09 Å². The smallest absolute Gasteiger partial charge is 0.410 e. The molecule has 1 aromatic heterocycles. The van der Waals surface area contributed by atoms with Gasteiger partial charge in [0.15, 0.2) is 0 Å². The first kappa shape index (κ1) is 38.7. The Morgan fingerprint density at radius 2 is 1.12 bits per heavy atom. The van der Waals surface area contributed by atoms with Gasteiger partial charge in [-0.1, -0.05) is 54.6 Å². The molecule has 0 aliphatic carbocycles. The number of para-hydroxylation sites is 3. The van der Waals surface area contributed by atoms with Crippen LogP contribution in [0.5, 0.6) is 0 Å². The lowest BCUT2D eigenvalue weighted by Crippen LogP contribution is -2.45. The molecule has 0 radical (unpaired) electrons. The highest BCUT2D eigenvalue weighted by atomic mass is 32.2. The van der Waals surface area contributed by atoms with Crippen LogP contribution in [0.1, 0.15) is 59.4 Å². The Labute approximate surface area is 307 Å². The molecule has 0 saturated carbocycles. The van der Waals surface area contributed by atoms with E-state index in [0.29, 0.717) is 63.2 Å². The van der Waals surface area contributed by atoms with Crippen molar-refractivity contribution in [3.63, 3.8) is 0 Å². The minimum absolute atomic E-state index is 0.0261. The molecule has 12 nitrogen and oxygen atoms in total. The number of carbonyl (C=O) groups is 2. The average Bonchev–Trinajstić information content (AvgIpc) is 3.55. The fraction of sp³-hybridized carbons (Fsp3) is 0.421. The summed E-state index contributed by atoms with van der Waals surface area (Å²) < 4.78 is 62.8. The lowest BCUT2D eigenvalue weighted by atomic mass is 10.1. The molecular weight excluding hydrogens is 703 g/mol. The first-order valence-electron chi connectivity index (χ1n) is 17.6. The number of nitrogens with zero attached hydrogens (tertiary/aromatic N) is 3. The van der Waals surface area contributed by atoms with E-state index >= 15 is 0 Å². The molecule has 1 unspecified atom stereocenters. The summed E-state index contributed by atoms with van der Waals surface area (Å²) in [5.41, 5.74) is 1.61. The maximum absolute atomic E-state index is 13.0. The molecule has 0 bridgehead atoms. The van der Waals surface area contributed by atoms with E-state index in [1.54, 1.807) is 58.3 Å². The minimum atomic E-state index is -3.47. The van der Waals surface area contributed by atoms with E-state index in [1.165, 1.54) is 0 Å². The number of anilines is 2. The van der Waals surface area contributed by atoms with Gasteiger partial charge in [0.05, 0.1) is 10.5 Å². The number of aromatic nitrogens is 1. The summed E-state index contributed by atoms with van der Waals surface area (Å²) in [6.07, 6.45) is 3.24. The lowest BCUT2D eigenvalue weighted by molar-refractivity contribution is -0.135. The largest absolute Gasteiger partial charge is 0.444 e. The van der Waals surface area contributed by atoms with Gasteiger partial charge in [-0.05, 0) is 95.2 Å². The fourth-order valence-corrected chi connectivity index (χ4v) is 9.32. The minimum Gasteiger partial charge on any atom is -0.444 e. The molecule has 14 heteroatoms. The van der Waals surface area contributed by atoms with Crippen molar-refractivity contribution in [1.29, 1.82) is 0 Å². The van der Waals surface area contributed by atoms with Crippen LogP contribution in [-0.4, -0.2) is 85.5 Å². The molecule has 1 atom stereocenters. The molecule has 0 spiro atoms. The molecule has 280 valence electrons. The Bertz CT molecular complexity index is 2020. The maximum atomic E-state index is 13.0. The Morgan fingerprint density at radius 1 is 0.673 bits per heavy atom. The number of sulfonamides is 2. The molecule has 3 aromatic carbocycles. The van der Waals surface area contributed by atoms with Crippen molar-refractivity contribution >= 4 is 54.3 Å². The normalized spacial score (nSPS) is 16.8. The van der Waals surface area contributed by atoms with Crippen molar-refractivity contribution in [2.75, 3.05) is 35.6 Å². The van der Waals surface area contributed by atoms with Crippen molar-refractivity contribution in [3.05, 3.63) is 97.2 Å². The number of likely N-dealkylation sites (tertiary alicyclic amines) is 2. The van der Waals surface area contributed by atoms with Gasteiger partial charge in [0.1, 0.15) is 11.6 Å². The number of rotatable bonds is 8. The van der Waals surface area contributed by atoms with Crippen LogP contribution in [-0.2, 0) is 29.6 Å². The number of nitrogens with one attached hydrogen (secondary N) is 2. The molecule has 3 heterocycles. The van der Waals surface area contributed by atoms with Crippen LogP contribution >= 0.6 is 0 Å². The Hall–Kier alpha value is -4.56. The van der Waals surface area contributed by atoms with E-state index in [9.17, 15) is 26.4 Å². The van der Waals surface area contributed by atoms with E-state index in [0.717, 1.165) is 10.9 Å². The third-order valence-corrected chi connectivity index (χ3v) is 12.9. The zero-order valence-corrected chi connectivity index (χ0v) is 31.8. The van der Waals surface area contributed by atoms with Gasteiger partial charge in [-0.15, -0.1) is 0 Å². The zero-order chi connectivity index (χ0) is 37.5. The summed E-state index contributed by atoms with van der Waals surface area (Å²) >= 11 is 0. The van der Waals surface area contributed by atoms with Crippen molar-refractivity contribution in [3.8, 4) is 0 Å². The zero-order valence-electron chi connectivity index (χ0n) is 30.1. The van der Waals surface area contributed by atoms with Gasteiger partial charge in [0, 0.05) is 49.3 Å². The van der Waals surface area contributed by atoms with Gasteiger partial charge < -0.3 is 19.1 Å². The molecular formula is C38H49N5O7S2. The van der Waals surface area contributed by atoms with E-state index in [2.05, 4.69) is 9.44 Å². The highest BCUT2D eigenvalue weighted by Crippen LogP contribution is 2.26. The van der Waals surface area contributed by atoms with Crippen LogP contribution in [0.2, 0.25) is 0 Å². The molecule has 6 rings (SSSR count). The maximum Gasteiger partial charge on any atom is 0.410 e. The van der Waals surface area contributed by atoms with Crippen molar-refractivity contribution in [2.45, 2.75) is 75.5 Å². The number of ether oxygens (including phenoxy) is 1. The van der Waals surface area contributed by atoms with Crippen LogP contribution < -0.4 is 9.44 Å².